The van der Waals surface area contributed by atoms with Gasteiger partial charge in [0.1, 0.15) is 25.3 Å². The maximum atomic E-state index is 6.14. The predicted octanol–water partition coefficient (Wildman–Crippen LogP) is 3.18. The molecule has 2 unspecified atom stereocenters. The van der Waals surface area contributed by atoms with E-state index in [4.69, 9.17) is 9.47 Å². The van der Waals surface area contributed by atoms with E-state index >= 15 is 0 Å². The minimum Gasteiger partial charge on any atom is -1.00 e. The molecule has 2 atom stereocenters. The first-order chi connectivity index (χ1) is 15.4. The van der Waals surface area contributed by atoms with Crippen molar-refractivity contribution >= 4 is 0 Å². The average Bonchev–Trinajstić information content (AvgIpc) is 2.72. The van der Waals surface area contributed by atoms with Crippen molar-refractivity contribution in [3.05, 3.63) is 0 Å². The number of piperidine rings is 2. The summed E-state index contributed by atoms with van der Waals surface area (Å²) in [6.45, 7) is 6.99. The molecule has 0 saturated carbocycles. The molecular formula is C28H58BrN2O2+. The van der Waals surface area contributed by atoms with Gasteiger partial charge in [0, 0.05) is 13.2 Å². The van der Waals surface area contributed by atoms with Crippen molar-refractivity contribution in [1.29, 1.82) is 0 Å². The Morgan fingerprint density at radius 3 is 1.12 bits per heavy atom. The molecule has 2 saturated heterocycles. The van der Waals surface area contributed by atoms with Crippen molar-refractivity contribution < 1.29 is 35.4 Å². The fraction of sp³-hybridized carbons (Fsp3) is 1.00. The first-order valence-corrected chi connectivity index (χ1v) is 14.2. The van der Waals surface area contributed by atoms with Crippen LogP contribution in [-0.2, 0) is 9.47 Å². The second kappa shape index (κ2) is 17.7. The van der Waals surface area contributed by atoms with Crippen LogP contribution in [0.15, 0.2) is 0 Å². The lowest BCUT2D eigenvalue weighted by molar-refractivity contribution is -0.898. The Kier molecular flexibility index (Phi) is 16.8. The molecule has 0 aromatic rings. The normalized spacial score (nSPS) is 24.4. The van der Waals surface area contributed by atoms with Crippen LogP contribution < -0.4 is 17.0 Å². The SMILES string of the molecule is C[N+]1(C)CCCC(OCCCCCCCCCCCCCCOC2CCC[N+](C)(C)C2)C1.[Br-]. The molecule has 0 radical (unpaired) electrons. The van der Waals surface area contributed by atoms with Crippen LogP contribution in [0.1, 0.15) is 103 Å². The Hall–Kier alpha value is 0.320. The van der Waals surface area contributed by atoms with E-state index in [2.05, 4.69) is 28.2 Å². The molecule has 2 rings (SSSR count). The molecule has 198 valence electrons. The highest BCUT2D eigenvalue weighted by Crippen LogP contribution is 2.19. The van der Waals surface area contributed by atoms with E-state index in [1.54, 1.807) is 0 Å². The molecule has 5 heteroatoms. The number of quaternary nitrogens is 2. The lowest BCUT2D eigenvalue weighted by Crippen LogP contribution is -3.00. The molecule has 0 aliphatic carbocycles. The predicted molar refractivity (Wildman–Crippen MR) is 137 cm³/mol. The summed E-state index contributed by atoms with van der Waals surface area (Å²) in [7, 11) is 9.35. The number of unbranched alkanes of at least 4 members (excludes halogenated alkanes) is 11. The summed E-state index contributed by atoms with van der Waals surface area (Å²) in [5, 5.41) is 0. The third kappa shape index (κ3) is 15.8. The summed E-state index contributed by atoms with van der Waals surface area (Å²) in [5.74, 6) is 0. The highest BCUT2D eigenvalue weighted by molar-refractivity contribution is 4.64. The monoisotopic (exact) mass is 533 g/mol. The minimum absolute atomic E-state index is 0. The van der Waals surface area contributed by atoms with E-state index in [1.165, 1.54) is 129 Å². The van der Waals surface area contributed by atoms with Gasteiger partial charge in [0.25, 0.3) is 0 Å². The Labute approximate surface area is 217 Å². The number of likely N-dealkylation sites (tertiary alicyclic amines) is 2. The lowest BCUT2D eigenvalue weighted by Gasteiger charge is -2.37. The summed E-state index contributed by atoms with van der Waals surface area (Å²) in [6, 6.07) is 0. The van der Waals surface area contributed by atoms with E-state index in [0.717, 1.165) is 22.2 Å². The second-order valence-electron chi connectivity index (χ2n) is 12.2. The molecule has 2 aliphatic heterocycles. The summed E-state index contributed by atoms with van der Waals surface area (Å²) >= 11 is 0. The van der Waals surface area contributed by atoms with Crippen molar-refractivity contribution in [2.24, 2.45) is 0 Å². The second-order valence-corrected chi connectivity index (χ2v) is 12.2. The van der Waals surface area contributed by atoms with E-state index in [0.29, 0.717) is 12.2 Å². The highest BCUT2D eigenvalue weighted by Gasteiger charge is 2.28. The van der Waals surface area contributed by atoms with Gasteiger partial charge in [-0.05, 0) is 38.5 Å². The van der Waals surface area contributed by atoms with E-state index in [9.17, 15) is 0 Å². The summed E-state index contributed by atoms with van der Waals surface area (Å²) in [6.07, 6.45) is 22.8. The quantitative estimate of drug-likeness (QED) is 0.211. The van der Waals surface area contributed by atoms with Gasteiger partial charge in [0.2, 0.25) is 0 Å². The summed E-state index contributed by atoms with van der Waals surface area (Å²) in [4.78, 5) is 0. The van der Waals surface area contributed by atoms with Gasteiger partial charge >= 0.3 is 0 Å². The van der Waals surface area contributed by atoms with Crippen LogP contribution in [-0.4, -0.2) is 88.8 Å². The van der Waals surface area contributed by atoms with E-state index < -0.39 is 0 Å². The number of hydrogen-bond acceptors (Lipinski definition) is 2. The molecule has 4 nitrogen and oxygen atoms in total. The highest BCUT2D eigenvalue weighted by atomic mass is 79.9. The zero-order valence-electron chi connectivity index (χ0n) is 22.8. The largest absolute Gasteiger partial charge is 1.00 e. The van der Waals surface area contributed by atoms with Crippen LogP contribution >= 0.6 is 0 Å². The third-order valence-corrected chi connectivity index (χ3v) is 7.72. The maximum Gasteiger partial charge on any atom is 0.107 e. The smallest absolute Gasteiger partial charge is 0.107 e. The van der Waals surface area contributed by atoms with Crippen LogP contribution in [0.5, 0.6) is 0 Å². The molecule has 0 bridgehead atoms. The van der Waals surface area contributed by atoms with Gasteiger partial charge < -0.3 is 35.4 Å². The summed E-state index contributed by atoms with van der Waals surface area (Å²) < 4.78 is 14.6. The number of nitrogens with zero attached hydrogens (tertiary/aromatic N) is 2. The average molecular weight is 535 g/mol. The Morgan fingerprint density at radius 1 is 0.515 bits per heavy atom. The van der Waals surface area contributed by atoms with Gasteiger partial charge in [-0.1, -0.05) is 64.2 Å². The van der Waals surface area contributed by atoms with Crippen LogP contribution in [0.3, 0.4) is 0 Å². The summed E-state index contributed by atoms with van der Waals surface area (Å²) in [5.41, 5.74) is 0. The third-order valence-electron chi connectivity index (χ3n) is 7.72. The molecule has 0 aromatic heterocycles. The van der Waals surface area contributed by atoms with Crippen molar-refractivity contribution in [3.8, 4) is 0 Å². The number of rotatable bonds is 17. The zero-order chi connectivity index (χ0) is 23.1. The molecule has 2 fully saturated rings. The number of ether oxygens (including phenoxy) is 2. The van der Waals surface area contributed by atoms with Crippen molar-refractivity contribution in [2.45, 2.75) is 115 Å². The molecule has 2 aliphatic rings. The fourth-order valence-corrected chi connectivity index (χ4v) is 5.71. The Bertz CT molecular complexity index is 431. The molecule has 0 spiro atoms. The molecule has 0 N–H and O–H groups in total. The number of halogens is 1. The van der Waals surface area contributed by atoms with Gasteiger partial charge in [-0.2, -0.15) is 0 Å². The van der Waals surface area contributed by atoms with Gasteiger partial charge in [-0.25, -0.2) is 0 Å². The molecule has 33 heavy (non-hydrogen) atoms. The van der Waals surface area contributed by atoms with Crippen LogP contribution in [0, 0.1) is 0 Å². The number of likely N-dealkylation sites (N-methyl/N-ethyl adjacent to an activating group) is 2. The van der Waals surface area contributed by atoms with E-state index in [-0.39, 0.29) is 17.0 Å². The van der Waals surface area contributed by atoms with Crippen LogP contribution in [0.4, 0.5) is 0 Å². The fourth-order valence-electron chi connectivity index (χ4n) is 5.71. The van der Waals surface area contributed by atoms with Gasteiger partial charge in [-0.3, -0.25) is 0 Å². The Morgan fingerprint density at radius 2 is 0.818 bits per heavy atom. The Balaban J connectivity index is 0.00000544. The van der Waals surface area contributed by atoms with Crippen LogP contribution in [0.25, 0.3) is 0 Å². The van der Waals surface area contributed by atoms with E-state index in [1.807, 2.05) is 0 Å². The molecular weight excluding hydrogens is 476 g/mol. The molecule has 0 aromatic carbocycles. The number of hydrogen-bond donors (Lipinski definition) is 0. The van der Waals surface area contributed by atoms with Gasteiger partial charge in [0.15, 0.2) is 0 Å². The topological polar surface area (TPSA) is 18.5 Å². The first kappa shape index (κ1) is 31.4. The molecule has 2 heterocycles. The van der Waals surface area contributed by atoms with Gasteiger partial charge in [0.05, 0.1) is 41.3 Å². The van der Waals surface area contributed by atoms with Crippen molar-refractivity contribution in [3.63, 3.8) is 0 Å². The van der Waals surface area contributed by atoms with Crippen LogP contribution in [0.2, 0.25) is 0 Å². The standard InChI is InChI=1S/C28H58N2O2.BrH/c1-29(2)21-17-19-27(25-29)31-23-15-13-11-9-7-5-6-8-10-12-14-16-24-32-28-20-18-22-30(3,4)26-28;/h27-28H,5-26H2,1-4H3;1H/q+2;/p-1. The molecule has 0 amide bonds. The van der Waals surface area contributed by atoms with Crippen molar-refractivity contribution in [2.75, 3.05) is 67.6 Å². The lowest BCUT2D eigenvalue weighted by atomic mass is 10.0. The van der Waals surface area contributed by atoms with Gasteiger partial charge in [-0.15, -0.1) is 0 Å². The maximum absolute atomic E-state index is 6.14. The first-order valence-electron chi connectivity index (χ1n) is 14.2. The minimum atomic E-state index is 0. The zero-order valence-corrected chi connectivity index (χ0v) is 24.4. The van der Waals surface area contributed by atoms with Crippen molar-refractivity contribution in [1.82, 2.24) is 0 Å².